The zero-order valence-electron chi connectivity index (χ0n) is 17.1. The van der Waals surface area contributed by atoms with Crippen LogP contribution in [0.25, 0.3) is 0 Å². The molecular weight excluding hydrogens is 362 g/mol. The molecule has 0 atom stereocenters. The Kier molecular flexibility index (Phi) is 7.28. The molecule has 0 radical (unpaired) electrons. The van der Waals surface area contributed by atoms with Crippen molar-refractivity contribution in [2.75, 3.05) is 25.0 Å². The van der Waals surface area contributed by atoms with Crippen LogP contribution in [0.5, 0.6) is 0 Å². The van der Waals surface area contributed by atoms with Gasteiger partial charge in [0.15, 0.2) is 0 Å². The number of anilines is 1. The predicted molar refractivity (Wildman–Crippen MR) is 111 cm³/mol. The van der Waals surface area contributed by atoms with Crippen LogP contribution in [0.4, 0.5) is 10.5 Å². The average molecular weight is 396 g/mol. The van der Waals surface area contributed by atoms with E-state index in [1.165, 1.54) is 0 Å². The lowest BCUT2D eigenvalue weighted by molar-refractivity contribution is 0.240. The van der Waals surface area contributed by atoms with Crippen molar-refractivity contribution < 1.29 is 13.2 Å². The number of benzene rings is 1. The van der Waals surface area contributed by atoms with E-state index < -0.39 is 21.3 Å². The number of rotatable bonds is 6. The Morgan fingerprint density at radius 2 is 1.63 bits per heavy atom. The first kappa shape index (κ1) is 21.7. The Labute approximate surface area is 163 Å². The number of hydrogen-bond donors (Lipinski definition) is 2. The highest BCUT2D eigenvalue weighted by molar-refractivity contribution is 7.90. The summed E-state index contributed by atoms with van der Waals surface area (Å²) >= 11 is 0. The number of para-hydroxylation sites is 1. The van der Waals surface area contributed by atoms with Crippen LogP contribution >= 0.6 is 0 Å². The maximum atomic E-state index is 12.6. The molecule has 0 aliphatic carbocycles. The summed E-state index contributed by atoms with van der Waals surface area (Å²) in [5, 5.41) is 2.30. The van der Waals surface area contributed by atoms with Crippen LogP contribution in [0.2, 0.25) is 0 Å². The molecule has 1 aliphatic rings. The molecule has 2 N–H and O–H groups in total. The van der Waals surface area contributed by atoms with E-state index in [0.717, 1.165) is 36.4 Å². The smallest absolute Gasteiger partial charge is 0.307 e. The number of amides is 2. The van der Waals surface area contributed by atoms with Gasteiger partial charge in [0.25, 0.3) is 0 Å². The summed E-state index contributed by atoms with van der Waals surface area (Å²) in [6.07, 6.45) is 1.10. The summed E-state index contributed by atoms with van der Waals surface area (Å²) in [7, 11) is -3.69. The normalized spacial score (nSPS) is 16.7. The number of piperidine rings is 1. The van der Waals surface area contributed by atoms with Gasteiger partial charge < -0.3 is 10.2 Å². The van der Waals surface area contributed by atoms with E-state index in [-0.39, 0.29) is 11.8 Å². The van der Waals surface area contributed by atoms with Crippen LogP contribution in [0.3, 0.4) is 0 Å². The van der Waals surface area contributed by atoms with Gasteiger partial charge in [0.2, 0.25) is 10.0 Å². The minimum atomic E-state index is -3.69. The Bertz CT molecular complexity index is 725. The van der Waals surface area contributed by atoms with Gasteiger partial charge in [-0.05, 0) is 55.4 Å². The van der Waals surface area contributed by atoms with Gasteiger partial charge >= 0.3 is 6.03 Å². The quantitative estimate of drug-likeness (QED) is 0.766. The highest BCUT2D eigenvalue weighted by atomic mass is 32.2. The van der Waals surface area contributed by atoms with Gasteiger partial charge in [0, 0.05) is 5.69 Å². The molecule has 1 aromatic rings. The molecule has 27 heavy (non-hydrogen) atoms. The summed E-state index contributed by atoms with van der Waals surface area (Å²) in [4.78, 5) is 14.8. The summed E-state index contributed by atoms with van der Waals surface area (Å²) in [5.41, 5.74) is 2.73. The minimum absolute atomic E-state index is 0.217. The van der Waals surface area contributed by atoms with Gasteiger partial charge in [-0.25, -0.2) is 17.9 Å². The van der Waals surface area contributed by atoms with Crippen LogP contribution < -0.4 is 10.0 Å². The Balaban J connectivity index is 2.14. The fraction of sp³-hybridized carbons (Fsp3) is 0.650. The van der Waals surface area contributed by atoms with Crippen molar-refractivity contribution in [3.63, 3.8) is 0 Å². The minimum Gasteiger partial charge on any atom is -0.307 e. The fourth-order valence-electron chi connectivity index (χ4n) is 3.58. The maximum absolute atomic E-state index is 12.6. The van der Waals surface area contributed by atoms with Crippen molar-refractivity contribution in [2.45, 2.75) is 64.5 Å². The SMILES string of the molecule is CCN1CCC(S(=O)(=O)NC(=O)Nc2c(C(C)C)cccc2C(C)C)CC1. The van der Waals surface area contributed by atoms with Crippen molar-refractivity contribution >= 4 is 21.7 Å². The van der Waals surface area contributed by atoms with E-state index in [4.69, 9.17) is 0 Å². The molecule has 152 valence electrons. The zero-order chi connectivity index (χ0) is 20.2. The average Bonchev–Trinajstić information content (AvgIpc) is 2.61. The van der Waals surface area contributed by atoms with Crippen LogP contribution in [-0.4, -0.2) is 44.2 Å². The van der Waals surface area contributed by atoms with E-state index in [1.807, 2.05) is 18.2 Å². The van der Waals surface area contributed by atoms with E-state index in [9.17, 15) is 13.2 Å². The standard InChI is InChI=1S/C20H33N3O3S/c1-6-23-12-10-16(11-13-23)27(25,26)22-20(24)21-19-17(14(2)3)8-7-9-18(19)15(4)5/h7-9,14-16H,6,10-13H2,1-5H3,(H2,21,22,24). The van der Waals surface area contributed by atoms with Crippen molar-refractivity contribution in [3.8, 4) is 0 Å². The lowest BCUT2D eigenvalue weighted by Crippen LogP contribution is -2.46. The second kappa shape index (κ2) is 9.06. The number of nitrogens with zero attached hydrogens (tertiary/aromatic N) is 1. The summed E-state index contributed by atoms with van der Waals surface area (Å²) in [6, 6.07) is 5.25. The van der Waals surface area contributed by atoms with Crippen molar-refractivity contribution in [3.05, 3.63) is 29.3 Å². The van der Waals surface area contributed by atoms with Crippen molar-refractivity contribution in [1.82, 2.24) is 9.62 Å². The summed E-state index contributed by atoms with van der Waals surface area (Å²) in [5.74, 6) is 0.433. The second-order valence-electron chi connectivity index (χ2n) is 7.86. The third kappa shape index (κ3) is 5.45. The summed E-state index contributed by atoms with van der Waals surface area (Å²) < 4.78 is 27.5. The first-order valence-electron chi connectivity index (χ1n) is 9.83. The van der Waals surface area contributed by atoms with Gasteiger partial charge in [-0.15, -0.1) is 0 Å². The molecule has 1 aromatic carbocycles. The van der Waals surface area contributed by atoms with Crippen LogP contribution in [0.1, 0.15) is 70.4 Å². The maximum Gasteiger partial charge on any atom is 0.332 e. The number of hydrogen-bond acceptors (Lipinski definition) is 4. The van der Waals surface area contributed by atoms with Crippen LogP contribution in [0, 0.1) is 0 Å². The fourth-order valence-corrected chi connectivity index (χ4v) is 4.89. The van der Waals surface area contributed by atoms with E-state index in [2.05, 4.69) is 49.6 Å². The van der Waals surface area contributed by atoms with E-state index in [1.54, 1.807) is 0 Å². The monoisotopic (exact) mass is 395 g/mol. The molecule has 7 heteroatoms. The molecule has 1 heterocycles. The molecule has 2 amide bonds. The summed E-state index contributed by atoms with van der Waals surface area (Å²) in [6.45, 7) is 12.7. The Morgan fingerprint density at radius 1 is 1.11 bits per heavy atom. The highest BCUT2D eigenvalue weighted by Crippen LogP contribution is 2.32. The highest BCUT2D eigenvalue weighted by Gasteiger charge is 2.31. The first-order chi connectivity index (χ1) is 12.7. The molecular formula is C20H33N3O3S. The van der Waals surface area contributed by atoms with Gasteiger partial charge in [0.1, 0.15) is 0 Å². The Morgan fingerprint density at radius 3 is 2.07 bits per heavy atom. The van der Waals surface area contributed by atoms with Gasteiger partial charge in [-0.2, -0.15) is 0 Å². The third-order valence-electron chi connectivity index (χ3n) is 5.27. The molecule has 0 aromatic heterocycles. The van der Waals surface area contributed by atoms with Gasteiger partial charge in [-0.1, -0.05) is 52.8 Å². The van der Waals surface area contributed by atoms with Crippen LogP contribution in [-0.2, 0) is 10.0 Å². The lowest BCUT2D eigenvalue weighted by Gasteiger charge is -2.30. The molecule has 1 saturated heterocycles. The molecule has 6 nitrogen and oxygen atoms in total. The van der Waals surface area contributed by atoms with Gasteiger partial charge in [-0.3, -0.25) is 0 Å². The van der Waals surface area contributed by atoms with Gasteiger partial charge in [0.05, 0.1) is 5.25 Å². The predicted octanol–water partition coefficient (Wildman–Crippen LogP) is 3.87. The molecule has 0 unspecified atom stereocenters. The zero-order valence-corrected chi connectivity index (χ0v) is 17.9. The number of sulfonamides is 1. The number of carbonyl (C=O) groups is 1. The molecule has 0 saturated carbocycles. The lowest BCUT2D eigenvalue weighted by atomic mass is 9.93. The number of urea groups is 1. The van der Waals surface area contributed by atoms with E-state index in [0.29, 0.717) is 12.8 Å². The largest absolute Gasteiger partial charge is 0.332 e. The topological polar surface area (TPSA) is 78.5 Å². The third-order valence-corrected chi connectivity index (χ3v) is 7.09. The van der Waals surface area contributed by atoms with Crippen molar-refractivity contribution in [1.29, 1.82) is 0 Å². The first-order valence-corrected chi connectivity index (χ1v) is 11.4. The Hall–Kier alpha value is -1.60. The van der Waals surface area contributed by atoms with E-state index >= 15 is 0 Å². The molecule has 0 bridgehead atoms. The molecule has 0 spiro atoms. The number of carbonyl (C=O) groups excluding carboxylic acids is 1. The second-order valence-corrected chi connectivity index (χ2v) is 9.82. The van der Waals surface area contributed by atoms with Crippen molar-refractivity contribution in [2.24, 2.45) is 0 Å². The molecule has 1 fully saturated rings. The number of likely N-dealkylation sites (tertiary alicyclic amines) is 1. The molecule has 1 aliphatic heterocycles. The number of nitrogens with one attached hydrogen (secondary N) is 2. The van der Waals surface area contributed by atoms with Crippen LogP contribution in [0.15, 0.2) is 18.2 Å². The molecule has 2 rings (SSSR count).